The molecule has 0 bridgehead atoms. The van der Waals surface area contributed by atoms with E-state index in [4.69, 9.17) is 4.74 Å². The fourth-order valence-electron chi connectivity index (χ4n) is 1.70. The van der Waals surface area contributed by atoms with Gasteiger partial charge in [-0.3, -0.25) is 9.59 Å². The van der Waals surface area contributed by atoms with Gasteiger partial charge in [0, 0.05) is 13.3 Å². The molecule has 0 saturated carbocycles. The van der Waals surface area contributed by atoms with Gasteiger partial charge in [0.1, 0.15) is 6.10 Å². The van der Waals surface area contributed by atoms with Crippen LogP contribution in [0.3, 0.4) is 0 Å². The average molecular weight is 244 g/mol. The maximum Gasteiger partial charge on any atom is 0.305 e. The zero-order chi connectivity index (χ0) is 13.1. The van der Waals surface area contributed by atoms with E-state index in [1.54, 1.807) is 0 Å². The quantitative estimate of drug-likeness (QED) is 0.462. The Labute approximate surface area is 104 Å². The van der Waals surface area contributed by atoms with E-state index in [2.05, 4.69) is 11.7 Å². The van der Waals surface area contributed by atoms with Crippen molar-refractivity contribution in [2.45, 2.75) is 64.9 Å². The smallest absolute Gasteiger partial charge is 0.305 e. The van der Waals surface area contributed by atoms with E-state index in [1.807, 2.05) is 0 Å². The van der Waals surface area contributed by atoms with Crippen molar-refractivity contribution in [3.8, 4) is 0 Å². The van der Waals surface area contributed by atoms with Crippen LogP contribution in [-0.2, 0) is 19.1 Å². The van der Waals surface area contributed by atoms with Crippen molar-refractivity contribution in [1.29, 1.82) is 0 Å². The van der Waals surface area contributed by atoms with E-state index >= 15 is 0 Å². The number of rotatable bonds is 9. The van der Waals surface area contributed by atoms with Gasteiger partial charge in [-0.2, -0.15) is 0 Å². The molecular formula is C13H24O4. The normalized spacial score (nSPS) is 11.9. The van der Waals surface area contributed by atoms with Crippen LogP contribution in [-0.4, -0.2) is 25.2 Å². The van der Waals surface area contributed by atoms with Crippen LogP contribution in [0, 0.1) is 0 Å². The van der Waals surface area contributed by atoms with Crippen LogP contribution in [0.5, 0.6) is 0 Å². The lowest BCUT2D eigenvalue weighted by Gasteiger charge is -2.16. The summed E-state index contributed by atoms with van der Waals surface area (Å²) in [5.74, 6) is -0.454. The average Bonchev–Trinajstić information content (AvgIpc) is 2.28. The molecule has 0 aromatic heterocycles. The van der Waals surface area contributed by atoms with E-state index in [1.165, 1.54) is 14.0 Å². The summed E-state index contributed by atoms with van der Waals surface area (Å²) in [6.45, 7) is 3.56. The SMILES string of the molecule is CCCCCC(CCCC(=O)OC)OC(C)=O. The third kappa shape index (κ3) is 9.85. The number of carbonyl (C=O) groups is 2. The fourth-order valence-corrected chi connectivity index (χ4v) is 1.70. The summed E-state index contributed by atoms with van der Waals surface area (Å²) < 4.78 is 9.79. The summed E-state index contributed by atoms with van der Waals surface area (Å²) >= 11 is 0. The molecule has 100 valence electrons. The molecule has 0 rings (SSSR count). The summed E-state index contributed by atoms with van der Waals surface area (Å²) in [4.78, 5) is 21.9. The Balaban J connectivity index is 3.83. The Hall–Kier alpha value is -1.06. The Morgan fingerprint density at radius 1 is 1.12 bits per heavy atom. The molecule has 0 aromatic carbocycles. The van der Waals surface area contributed by atoms with Gasteiger partial charge in [-0.25, -0.2) is 0 Å². The number of hydrogen-bond donors (Lipinski definition) is 0. The molecule has 0 radical (unpaired) electrons. The fraction of sp³-hybridized carbons (Fsp3) is 0.846. The first-order chi connectivity index (χ1) is 8.10. The summed E-state index contributed by atoms with van der Waals surface area (Å²) in [6.07, 6.45) is 6.02. The second kappa shape index (κ2) is 10.1. The van der Waals surface area contributed by atoms with Crippen LogP contribution in [0.25, 0.3) is 0 Å². The second-order valence-electron chi connectivity index (χ2n) is 4.20. The Kier molecular flexibility index (Phi) is 9.49. The number of esters is 2. The van der Waals surface area contributed by atoms with Crippen molar-refractivity contribution in [2.24, 2.45) is 0 Å². The molecule has 0 aromatic rings. The molecule has 4 heteroatoms. The first kappa shape index (κ1) is 15.9. The van der Waals surface area contributed by atoms with E-state index in [0.29, 0.717) is 12.8 Å². The Bertz CT molecular complexity index is 225. The van der Waals surface area contributed by atoms with Crippen LogP contribution in [0.15, 0.2) is 0 Å². The van der Waals surface area contributed by atoms with Crippen LogP contribution in [0.4, 0.5) is 0 Å². The minimum Gasteiger partial charge on any atom is -0.469 e. The predicted molar refractivity (Wildman–Crippen MR) is 65.6 cm³/mol. The van der Waals surface area contributed by atoms with Crippen molar-refractivity contribution in [1.82, 2.24) is 0 Å². The second-order valence-corrected chi connectivity index (χ2v) is 4.20. The highest BCUT2D eigenvalue weighted by Gasteiger charge is 2.12. The van der Waals surface area contributed by atoms with E-state index in [9.17, 15) is 9.59 Å². The lowest BCUT2D eigenvalue weighted by molar-refractivity contribution is -0.147. The van der Waals surface area contributed by atoms with Gasteiger partial charge in [0.15, 0.2) is 0 Å². The molecule has 0 aliphatic carbocycles. The molecule has 1 unspecified atom stereocenters. The highest BCUT2D eigenvalue weighted by molar-refractivity contribution is 5.69. The number of ether oxygens (including phenoxy) is 2. The predicted octanol–water partition coefficient (Wildman–Crippen LogP) is 2.84. The molecule has 0 aliphatic rings. The summed E-state index contributed by atoms with van der Waals surface area (Å²) in [5, 5.41) is 0. The van der Waals surface area contributed by atoms with Gasteiger partial charge in [0.25, 0.3) is 0 Å². The van der Waals surface area contributed by atoms with Crippen molar-refractivity contribution >= 4 is 11.9 Å². The molecule has 17 heavy (non-hydrogen) atoms. The van der Waals surface area contributed by atoms with Crippen molar-refractivity contribution in [3.63, 3.8) is 0 Å². The van der Waals surface area contributed by atoms with E-state index < -0.39 is 0 Å². The standard InChI is InChI=1S/C13H24O4/c1-4-5-6-8-12(17-11(2)14)9-7-10-13(15)16-3/h12H,4-10H2,1-3H3. The van der Waals surface area contributed by atoms with Crippen molar-refractivity contribution in [3.05, 3.63) is 0 Å². The van der Waals surface area contributed by atoms with Crippen LogP contribution in [0.2, 0.25) is 0 Å². The van der Waals surface area contributed by atoms with Crippen molar-refractivity contribution < 1.29 is 19.1 Å². The minimum absolute atomic E-state index is 0.0521. The number of methoxy groups -OCH3 is 1. The zero-order valence-corrected chi connectivity index (χ0v) is 11.2. The van der Waals surface area contributed by atoms with E-state index in [0.717, 1.165) is 32.1 Å². The highest BCUT2D eigenvalue weighted by Crippen LogP contribution is 2.14. The maximum atomic E-state index is 10.9. The molecule has 0 saturated heterocycles. The molecular weight excluding hydrogens is 220 g/mol. The van der Waals surface area contributed by atoms with Gasteiger partial charge in [-0.05, 0) is 25.7 Å². The highest BCUT2D eigenvalue weighted by atomic mass is 16.5. The van der Waals surface area contributed by atoms with Crippen LogP contribution >= 0.6 is 0 Å². The minimum atomic E-state index is -0.246. The van der Waals surface area contributed by atoms with Gasteiger partial charge >= 0.3 is 11.9 Å². The third-order valence-electron chi connectivity index (χ3n) is 2.60. The number of carbonyl (C=O) groups excluding carboxylic acids is 2. The molecule has 4 nitrogen and oxygen atoms in total. The summed E-state index contributed by atoms with van der Waals surface area (Å²) in [5.41, 5.74) is 0. The first-order valence-electron chi connectivity index (χ1n) is 6.34. The maximum absolute atomic E-state index is 10.9. The molecule has 0 fully saturated rings. The molecule has 0 amide bonds. The lowest BCUT2D eigenvalue weighted by atomic mass is 10.1. The van der Waals surface area contributed by atoms with Crippen LogP contribution < -0.4 is 0 Å². The Morgan fingerprint density at radius 3 is 2.29 bits per heavy atom. The molecule has 1 atom stereocenters. The van der Waals surface area contributed by atoms with Gasteiger partial charge < -0.3 is 9.47 Å². The third-order valence-corrected chi connectivity index (χ3v) is 2.60. The van der Waals surface area contributed by atoms with Gasteiger partial charge in [0.2, 0.25) is 0 Å². The monoisotopic (exact) mass is 244 g/mol. The zero-order valence-electron chi connectivity index (χ0n) is 11.2. The van der Waals surface area contributed by atoms with Crippen molar-refractivity contribution in [2.75, 3.05) is 7.11 Å². The molecule has 0 heterocycles. The summed E-state index contributed by atoms with van der Waals surface area (Å²) in [7, 11) is 1.38. The Morgan fingerprint density at radius 2 is 1.76 bits per heavy atom. The van der Waals surface area contributed by atoms with Crippen LogP contribution in [0.1, 0.15) is 58.8 Å². The van der Waals surface area contributed by atoms with Gasteiger partial charge in [-0.15, -0.1) is 0 Å². The number of unbranched alkanes of at least 4 members (excludes halogenated alkanes) is 2. The summed E-state index contributed by atoms with van der Waals surface area (Å²) in [6, 6.07) is 0. The van der Waals surface area contributed by atoms with E-state index in [-0.39, 0.29) is 18.0 Å². The topological polar surface area (TPSA) is 52.6 Å². The van der Waals surface area contributed by atoms with Gasteiger partial charge in [-0.1, -0.05) is 19.8 Å². The van der Waals surface area contributed by atoms with Gasteiger partial charge in [0.05, 0.1) is 7.11 Å². The number of hydrogen-bond acceptors (Lipinski definition) is 4. The first-order valence-corrected chi connectivity index (χ1v) is 6.34. The lowest BCUT2D eigenvalue weighted by Crippen LogP contribution is -2.17. The molecule has 0 aliphatic heterocycles. The largest absolute Gasteiger partial charge is 0.469 e. The molecule has 0 N–H and O–H groups in total. The molecule has 0 spiro atoms.